The van der Waals surface area contributed by atoms with Crippen molar-refractivity contribution in [1.82, 2.24) is 4.98 Å². The average molecular weight is 238 g/mol. The van der Waals surface area contributed by atoms with E-state index in [-0.39, 0.29) is 6.04 Å². The lowest BCUT2D eigenvalue weighted by Gasteiger charge is -2.22. The molecule has 96 valence electrons. The number of methoxy groups -OCH3 is 1. The van der Waals surface area contributed by atoms with Crippen LogP contribution in [-0.4, -0.2) is 31.3 Å². The molecule has 1 unspecified atom stereocenters. The first-order chi connectivity index (χ1) is 8.17. The van der Waals surface area contributed by atoms with E-state index in [4.69, 9.17) is 9.47 Å². The van der Waals surface area contributed by atoms with E-state index in [2.05, 4.69) is 24.1 Å². The molecular weight excluding hydrogens is 216 g/mol. The highest BCUT2D eigenvalue weighted by molar-refractivity contribution is 5.38. The number of nitrogens with one attached hydrogen (secondary N) is 1. The normalized spacial score (nSPS) is 12.5. The lowest BCUT2D eigenvalue weighted by Crippen LogP contribution is -2.31. The van der Waals surface area contributed by atoms with Crippen molar-refractivity contribution in [2.45, 2.75) is 26.8 Å². The van der Waals surface area contributed by atoms with Gasteiger partial charge in [-0.25, -0.2) is 4.98 Å². The summed E-state index contributed by atoms with van der Waals surface area (Å²) in [6, 6.07) is 4.09. The SMILES string of the molecule is CCOCC(Nc1ccc(OC)cn1)C(C)C. The van der Waals surface area contributed by atoms with Crippen molar-refractivity contribution < 1.29 is 9.47 Å². The van der Waals surface area contributed by atoms with Gasteiger partial charge in [-0.1, -0.05) is 13.8 Å². The summed E-state index contributed by atoms with van der Waals surface area (Å²) in [5, 5.41) is 3.37. The average Bonchev–Trinajstić information content (AvgIpc) is 2.35. The van der Waals surface area contributed by atoms with Crippen molar-refractivity contribution in [3.63, 3.8) is 0 Å². The standard InChI is InChI=1S/C13H22N2O2/c1-5-17-9-12(10(2)3)15-13-7-6-11(16-4)8-14-13/h6-8,10,12H,5,9H2,1-4H3,(H,14,15). The number of nitrogens with zero attached hydrogens (tertiary/aromatic N) is 1. The Bertz CT molecular complexity index is 312. The molecule has 0 aliphatic rings. The zero-order chi connectivity index (χ0) is 12.7. The van der Waals surface area contributed by atoms with Crippen LogP contribution in [0.3, 0.4) is 0 Å². The van der Waals surface area contributed by atoms with Crippen molar-refractivity contribution in [2.24, 2.45) is 5.92 Å². The highest BCUT2D eigenvalue weighted by Gasteiger charge is 2.13. The molecule has 0 fully saturated rings. The smallest absolute Gasteiger partial charge is 0.137 e. The highest BCUT2D eigenvalue weighted by Crippen LogP contribution is 2.14. The van der Waals surface area contributed by atoms with Crippen LogP contribution >= 0.6 is 0 Å². The van der Waals surface area contributed by atoms with E-state index in [0.29, 0.717) is 12.5 Å². The first kappa shape index (κ1) is 13.8. The highest BCUT2D eigenvalue weighted by atomic mass is 16.5. The Kier molecular flexibility index (Phi) is 5.77. The van der Waals surface area contributed by atoms with Crippen LogP contribution in [-0.2, 0) is 4.74 Å². The van der Waals surface area contributed by atoms with Gasteiger partial charge >= 0.3 is 0 Å². The van der Waals surface area contributed by atoms with Gasteiger partial charge in [-0.3, -0.25) is 0 Å². The Morgan fingerprint density at radius 3 is 2.59 bits per heavy atom. The Balaban J connectivity index is 2.58. The summed E-state index contributed by atoms with van der Waals surface area (Å²) < 4.78 is 10.5. The quantitative estimate of drug-likeness (QED) is 0.793. The van der Waals surface area contributed by atoms with Crippen LogP contribution in [0.25, 0.3) is 0 Å². The van der Waals surface area contributed by atoms with Gasteiger partial charge in [0.25, 0.3) is 0 Å². The number of pyridine rings is 1. The van der Waals surface area contributed by atoms with Gasteiger partial charge in [0.2, 0.25) is 0 Å². The van der Waals surface area contributed by atoms with E-state index in [1.54, 1.807) is 13.3 Å². The number of rotatable bonds is 7. The molecule has 4 heteroatoms. The summed E-state index contributed by atoms with van der Waals surface area (Å²) in [6.45, 7) is 7.77. The molecule has 1 rings (SSSR count). The molecule has 0 aliphatic carbocycles. The van der Waals surface area contributed by atoms with Gasteiger partial charge < -0.3 is 14.8 Å². The van der Waals surface area contributed by atoms with Gasteiger partial charge in [0, 0.05) is 6.61 Å². The molecule has 1 aromatic heterocycles. The molecular formula is C13H22N2O2. The molecule has 1 heterocycles. The lowest BCUT2D eigenvalue weighted by molar-refractivity contribution is 0.126. The molecule has 4 nitrogen and oxygen atoms in total. The molecule has 1 aromatic rings. The van der Waals surface area contributed by atoms with Gasteiger partial charge in [0.1, 0.15) is 11.6 Å². The van der Waals surface area contributed by atoms with Gasteiger partial charge in [0.05, 0.1) is 26.0 Å². The molecule has 0 aromatic carbocycles. The molecule has 0 saturated carbocycles. The van der Waals surface area contributed by atoms with Gasteiger partial charge in [-0.2, -0.15) is 0 Å². The minimum absolute atomic E-state index is 0.274. The number of hydrogen-bond donors (Lipinski definition) is 1. The van der Waals surface area contributed by atoms with Crippen LogP contribution in [0.1, 0.15) is 20.8 Å². The summed E-state index contributed by atoms with van der Waals surface area (Å²) in [4.78, 5) is 4.29. The molecule has 0 aliphatic heterocycles. The number of aromatic nitrogens is 1. The van der Waals surface area contributed by atoms with Gasteiger partial charge in [-0.15, -0.1) is 0 Å². The zero-order valence-electron chi connectivity index (χ0n) is 11.1. The molecule has 0 spiro atoms. The fraction of sp³-hybridized carbons (Fsp3) is 0.615. The van der Waals surface area contributed by atoms with E-state index in [1.165, 1.54) is 0 Å². The van der Waals surface area contributed by atoms with E-state index >= 15 is 0 Å². The first-order valence-electron chi connectivity index (χ1n) is 6.01. The summed E-state index contributed by atoms with van der Waals surface area (Å²) in [5.41, 5.74) is 0. The minimum atomic E-state index is 0.274. The molecule has 17 heavy (non-hydrogen) atoms. The van der Waals surface area contributed by atoms with Crippen molar-refractivity contribution in [3.8, 4) is 5.75 Å². The molecule has 1 atom stereocenters. The molecule has 0 bridgehead atoms. The van der Waals surface area contributed by atoms with E-state index in [0.717, 1.165) is 18.2 Å². The third kappa shape index (κ3) is 4.61. The van der Waals surface area contributed by atoms with E-state index in [1.807, 2.05) is 19.1 Å². The summed E-state index contributed by atoms with van der Waals surface area (Å²) >= 11 is 0. The summed E-state index contributed by atoms with van der Waals surface area (Å²) in [5.74, 6) is 2.11. The maximum absolute atomic E-state index is 5.46. The zero-order valence-corrected chi connectivity index (χ0v) is 11.1. The van der Waals surface area contributed by atoms with Crippen molar-refractivity contribution >= 4 is 5.82 Å². The molecule has 1 N–H and O–H groups in total. The largest absolute Gasteiger partial charge is 0.495 e. The van der Waals surface area contributed by atoms with E-state index < -0.39 is 0 Å². The van der Waals surface area contributed by atoms with Crippen LogP contribution in [0.15, 0.2) is 18.3 Å². The second-order valence-corrected chi connectivity index (χ2v) is 4.24. The first-order valence-corrected chi connectivity index (χ1v) is 6.01. The Morgan fingerprint density at radius 2 is 2.12 bits per heavy atom. The van der Waals surface area contributed by atoms with Gasteiger partial charge in [0.15, 0.2) is 0 Å². The van der Waals surface area contributed by atoms with Gasteiger partial charge in [-0.05, 0) is 25.0 Å². The monoisotopic (exact) mass is 238 g/mol. The Morgan fingerprint density at radius 1 is 1.35 bits per heavy atom. The van der Waals surface area contributed by atoms with Crippen LogP contribution in [0.2, 0.25) is 0 Å². The van der Waals surface area contributed by atoms with Crippen LogP contribution in [0.4, 0.5) is 5.82 Å². The third-order valence-electron chi connectivity index (χ3n) is 2.61. The van der Waals surface area contributed by atoms with E-state index in [9.17, 15) is 0 Å². The van der Waals surface area contributed by atoms with Crippen molar-refractivity contribution in [1.29, 1.82) is 0 Å². The van der Waals surface area contributed by atoms with Crippen LogP contribution in [0.5, 0.6) is 5.75 Å². The maximum Gasteiger partial charge on any atom is 0.137 e. The molecule has 0 saturated heterocycles. The van der Waals surface area contributed by atoms with Crippen LogP contribution in [0, 0.1) is 5.92 Å². The molecule has 0 amide bonds. The van der Waals surface area contributed by atoms with Crippen molar-refractivity contribution in [3.05, 3.63) is 18.3 Å². The fourth-order valence-electron chi connectivity index (χ4n) is 1.42. The predicted molar refractivity (Wildman–Crippen MR) is 69.5 cm³/mol. The summed E-state index contributed by atoms with van der Waals surface area (Å²) in [7, 11) is 1.64. The van der Waals surface area contributed by atoms with Crippen molar-refractivity contribution in [2.75, 3.05) is 25.6 Å². The lowest BCUT2D eigenvalue weighted by atomic mass is 10.1. The van der Waals surface area contributed by atoms with Crippen LogP contribution < -0.4 is 10.1 Å². The molecule has 0 radical (unpaired) electrons. The number of hydrogen-bond acceptors (Lipinski definition) is 4. The second kappa shape index (κ2) is 7.12. The minimum Gasteiger partial charge on any atom is -0.495 e. The number of anilines is 1. The Labute approximate surface area is 103 Å². The maximum atomic E-state index is 5.46. The topological polar surface area (TPSA) is 43.4 Å². The number of ether oxygens (including phenoxy) is 2. The Hall–Kier alpha value is -1.29. The second-order valence-electron chi connectivity index (χ2n) is 4.24. The third-order valence-corrected chi connectivity index (χ3v) is 2.61. The predicted octanol–water partition coefficient (Wildman–Crippen LogP) is 2.56. The fourth-order valence-corrected chi connectivity index (χ4v) is 1.42. The summed E-state index contributed by atoms with van der Waals surface area (Å²) in [6.07, 6.45) is 1.71.